The molecular formula is C14H27N. The predicted molar refractivity (Wildman–Crippen MR) is 68.0 cm³/mol. The van der Waals surface area contributed by atoms with Crippen LogP contribution in [-0.4, -0.2) is 24.5 Å². The van der Waals surface area contributed by atoms with E-state index in [0.717, 1.165) is 0 Å². The van der Waals surface area contributed by atoms with Crippen molar-refractivity contribution in [2.24, 2.45) is 11.3 Å². The number of hydrogen-bond acceptors (Lipinski definition) is 1. The van der Waals surface area contributed by atoms with Gasteiger partial charge in [-0.3, -0.25) is 0 Å². The van der Waals surface area contributed by atoms with Crippen molar-refractivity contribution in [2.75, 3.05) is 14.1 Å². The summed E-state index contributed by atoms with van der Waals surface area (Å²) in [5, 5.41) is 0. The molecule has 1 heteroatoms. The molecule has 1 rings (SSSR count). The van der Waals surface area contributed by atoms with Gasteiger partial charge in [-0.1, -0.05) is 39.8 Å². The second-order valence-corrected chi connectivity index (χ2v) is 6.02. The number of allylic oxidation sites excluding steroid dienone is 1. The first-order chi connectivity index (χ1) is 6.84. The molecule has 0 fully saturated rings. The molecule has 1 nitrogen and oxygen atoms in total. The Morgan fingerprint density at radius 1 is 1.20 bits per heavy atom. The minimum absolute atomic E-state index is 0.343. The van der Waals surface area contributed by atoms with Gasteiger partial charge in [0, 0.05) is 5.54 Å². The highest BCUT2D eigenvalue weighted by Crippen LogP contribution is 2.47. The maximum absolute atomic E-state index is 2.45. The lowest BCUT2D eigenvalue weighted by molar-refractivity contribution is -0.0224. The Hall–Kier alpha value is -0.300. The Kier molecular flexibility index (Phi) is 3.65. The van der Waals surface area contributed by atoms with E-state index in [4.69, 9.17) is 0 Å². The fourth-order valence-corrected chi connectivity index (χ4v) is 2.93. The average Bonchev–Trinajstić information content (AvgIpc) is 2.18. The van der Waals surface area contributed by atoms with Gasteiger partial charge in [-0.25, -0.2) is 0 Å². The molecule has 15 heavy (non-hydrogen) atoms. The van der Waals surface area contributed by atoms with Gasteiger partial charge in [0.05, 0.1) is 0 Å². The summed E-state index contributed by atoms with van der Waals surface area (Å²) in [4.78, 5) is 2.45. The highest BCUT2D eigenvalue weighted by molar-refractivity contribution is 5.10. The van der Waals surface area contributed by atoms with Crippen molar-refractivity contribution < 1.29 is 0 Å². The second kappa shape index (κ2) is 4.29. The molecule has 0 radical (unpaired) electrons. The van der Waals surface area contributed by atoms with Crippen LogP contribution in [0.4, 0.5) is 0 Å². The van der Waals surface area contributed by atoms with Crippen molar-refractivity contribution in [1.29, 1.82) is 0 Å². The van der Waals surface area contributed by atoms with Crippen LogP contribution in [0.25, 0.3) is 0 Å². The van der Waals surface area contributed by atoms with Crippen molar-refractivity contribution in [2.45, 2.75) is 52.5 Å². The molecule has 1 aliphatic rings. The van der Waals surface area contributed by atoms with E-state index in [1.807, 2.05) is 0 Å². The van der Waals surface area contributed by atoms with E-state index in [2.05, 4.69) is 58.8 Å². The minimum Gasteiger partial charge on any atom is -0.303 e. The molecule has 1 aliphatic carbocycles. The standard InChI is InChI=1S/C14H27N/c1-12(2)13(3,4)14(15(5)6)10-8-7-9-11-14/h7-8,12H,9-11H2,1-6H3. The Bertz CT molecular complexity index is 238. The topological polar surface area (TPSA) is 3.24 Å². The third-order valence-electron chi connectivity index (χ3n) is 4.85. The summed E-state index contributed by atoms with van der Waals surface area (Å²) in [7, 11) is 4.48. The molecule has 88 valence electrons. The van der Waals surface area contributed by atoms with Crippen molar-refractivity contribution in [3.63, 3.8) is 0 Å². The van der Waals surface area contributed by atoms with Gasteiger partial charge in [-0.15, -0.1) is 0 Å². The maximum Gasteiger partial charge on any atom is 0.0294 e. The molecule has 0 saturated carbocycles. The van der Waals surface area contributed by atoms with E-state index < -0.39 is 0 Å². The molecule has 1 unspecified atom stereocenters. The van der Waals surface area contributed by atoms with Gasteiger partial charge in [0.2, 0.25) is 0 Å². The van der Waals surface area contributed by atoms with Gasteiger partial charge in [0.15, 0.2) is 0 Å². The van der Waals surface area contributed by atoms with Crippen LogP contribution in [-0.2, 0) is 0 Å². The quantitative estimate of drug-likeness (QED) is 0.640. The summed E-state index contributed by atoms with van der Waals surface area (Å²) in [5.74, 6) is 0.714. The first-order valence-electron chi connectivity index (χ1n) is 6.17. The molecule has 0 aromatic rings. The van der Waals surface area contributed by atoms with E-state index in [-0.39, 0.29) is 0 Å². The molecule has 0 amide bonds. The van der Waals surface area contributed by atoms with Crippen LogP contribution < -0.4 is 0 Å². The summed E-state index contributed by atoms with van der Waals surface area (Å²) < 4.78 is 0. The number of hydrogen-bond donors (Lipinski definition) is 0. The smallest absolute Gasteiger partial charge is 0.0294 e. The first kappa shape index (κ1) is 12.8. The Labute approximate surface area is 95.5 Å². The zero-order chi connectivity index (χ0) is 11.7. The largest absolute Gasteiger partial charge is 0.303 e. The first-order valence-corrected chi connectivity index (χ1v) is 6.17. The van der Waals surface area contributed by atoms with E-state index in [0.29, 0.717) is 16.9 Å². The van der Waals surface area contributed by atoms with Gasteiger partial charge in [0.1, 0.15) is 0 Å². The van der Waals surface area contributed by atoms with Crippen molar-refractivity contribution in [1.82, 2.24) is 4.90 Å². The molecule has 1 atom stereocenters. The lowest BCUT2D eigenvalue weighted by Crippen LogP contribution is -2.57. The number of rotatable bonds is 3. The summed E-state index contributed by atoms with van der Waals surface area (Å²) in [6, 6.07) is 0. The Morgan fingerprint density at radius 2 is 1.80 bits per heavy atom. The monoisotopic (exact) mass is 209 g/mol. The number of nitrogens with zero attached hydrogens (tertiary/aromatic N) is 1. The lowest BCUT2D eigenvalue weighted by Gasteiger charge is -2.54. The van der Waals surface area contributed by atoms with Crippen molar-refractivity contribution >= 4 is 0 Å². The van der Waals surface area contributed by atoms with Crippen molar-refractivity contribution in [3.8, 4) is 0 Å². The molecular weight excluding hydrogens is 182 g/mol. The van der Waals surface area contributed by atoms with Gasteiger partial charge in [-0.2, -0.15) is 0 Å². The molecule has 0 bridgehead atoms. The Morgan fingerprint density at radius 3 is 2.13 bits per heavy atom. The SMILES string of the molecule is CC(C)C(C)(C)C1(N(C)C)CC=CCC1. The van der Waals surface area contributed by atoms with Crippen molar-refractivity contribution in [3.05, 3.63) is 12.2 Å². The van der Waals surface area contributed by atoms with Gasteiger partial charge < -0.3 is 4.90 Å². The maximum atomic E-state index is 2.45. The summed E-state index contributed by atoms with van der Waals surface area (Å²) in [6.45, 7) is 9.56. The zero-order valence-electron chi connectivity index (χ0n) is 11.3. The third kappa shape index (κ3) is 1.99. The van der Waals surface area contributed by atoms with Gasteiger partial charge in [-0.05, 0) is 44.7 Å². The van der Waals surface area contributed by atoms with Crippen LogP contribution in [0, 0.1) is 11.3 Å². The zero-order valence-corrected chi connectivity index (χ0v) is 11.3. The fourth-order valence-electron chi connectivity index (χ4n) is 2.93. The van der Waals surface area contributed by atoms with Crippen LogP contribution in [0.2, 0.25) is 0 Å². The Balaban J connectivity index is 3.06. The molecule has 0 saturated heterocycles. The van der Waals surface area contributed by atoms with Crippen LogP contribution in [0.3, 0.4) is 0 Å². The summed E-state index contributed by atoms with van der Waals surface area (Å²) in [6.07, 6.45) is 8.42. The third-order valence-corrected chi connectivity index (χ3v) is 4.85. The van der Waals surface area contributed by atoms with Crippen LogP contribution in [0.1, 0.15) is 47.0 Å². The van der Waals surface area contributed by atoms with Crippen LogP contribution >= 0.6 is 0 Å². The molecule has 0 aromatic heterocycles. The van der Waals surface area contributed by atoms with Gasteiger partial charge in [0.25, 0.3) is 0 Å². The minimum atomic E-state index is 0.343. The summed E-state index contributed by atoms with van der Waals surface area (Å²) >= 11 is 0. The fraction of sp³-hybridized carbons (Fsp3) is 0.857. The molecule has 0 heterocycles. The van der Waals surface area contributed by atoms with E-state index in [9.17, 15) is 0 Å². The average molecular weight is 209 g/mol. The molecule has 0 N–H and O–H groups in total. The van der Waals surface area contributed by atoms with Crippen LogP contribution in [0.5, 0.6) is 0 Å². The highest BCUT2D eigenvalue weighted by Gasteiger charge is 2.47. The second-order valence-electron chi connectivity index (χ2n) is 6.02. The van der Waals surface area contributed by atoms with Crippen LogP contribution in [0.15, 0.2) is 12.2 Å². The molecule has 0 aliphatic heterocycles. The molecule has 0 aromatic carbocycles. The predicted octanol–water partition coefficient (Wildman–Crippen LogP) is 3.71. The van der Waals surface area contributed by atoms with E-state index in [1.54, 1.807) is 0 Å². The van der Waals surface area contributed by atoms with Gasteiger partial charge >= 0.3 is 0 Å². The lowest BCUT2D eigenvalue weighted by atomic mass is 9.60. The summed E-state index contributed by atoms with van der Waals surface area (Å²) in [5.41, 5.74) is 0.706. The van der Waals surface area contributed by atoms with E-state index >= 15 is 0 Å². The van der Waals surface area contributed by atoms with E-state index in [1.165, 1.54) is 19.3 Å². The normalized spacial score (nSPS) is 27.7. The molecule has 0 spiro atoms. The highest BCUT2D eigenvalue weighted by atomic mass is 15.2.